The third-order valence-electron chi connectivity index (χ3n) is 5.18. The number of methoxy groups -OCH3 is 2. The van der Waals surface area contributed by atoms with Gasteiger partial charge in [-0.1, -0.05) is 25.1 Å². The predicted molar refractivity (Wildman–Crippen MR) is 130 cm³/mol. The SMILES string of the molecule is CCCn1cc(CN=C(NC(=O)c2ccccc2C)Nc2ccc(OC)c(OC)c2)c(C)n1. The molecule has 8 heteroatoms. The van der Waals surface area contributed by atoms with Crippen molar-refractivity contribution in [2.24, 2.45) is 4.99 Å². The highest BCUT2D eigenvalue weighted by Gasteiger charge is 2.13. The molecule has 0 aliphatic heterocycles. The lowest BCUT2D eigenvalue weighted by atomic mass is 10.1. The summed E-state index contributed by atoms with van der Waals surface area (Å²) in [6.45, 7) is 7.20. The van der Waals surface area contributed by atoms with Gasteiger partial charge in [0.15, 0.2) is 11.5 Å². The summed E-state index contributed by atoms with van der Waals surface area (Å²) in [7, 11) is 3.16. The van der Waals surface area contributed by atoms with E-state index in [1.165, 1.54) is 0 Å². The highest BCUT2D eigenvalue weighted by atomic mass is 16.5. The van der Waals surface area contributed by atoms with E-state index in [0.29, 0.717) is 35.3 Å². The van der Waals surface area contributed by atoms with Gasteiger partial charge in [-0.25, -0.2) is 4.99 Å². The highest BCUT2D eigenvalue weighted by Crippen LogP contribution is 2.29. The number of amides is 1. The Hall–Kier alpha value is -3.81. The summed E-state index contributed by atoms with van der Waals surface area (Å²) in [5.74, 6) is 1.28. The molecule has 0 fully saturated rings. The van der Waals surface area contributed by atoms with Crippen LogP contribution in [-0.2, 0) is 13.1 Å². The maximum Gasteiger partial charge on any atom is 0.258 e. The van der Waals surface area contributed by atoms with Crippen LogP contribution in [0.5, 0.6) is 11.5 Å². The maximum absolute atomic E-state index is 13.0. The number of carbonyl (C=O) groups is 1. The van der Waals surface area contributed by atoms with Crippen molar-refractivity contribution < 1.29 is 14.3 Å². The second-order valence-corrected chi connectivity index (χ2v) is 7.63. The van der Waals surface area contributed by atoms with Gasteiger partial charge in [-0.05, 0) is 44.0 Å². The zero-order valence-corrected chi connectivity index (χ0v) is 19.8. The van der Waals surface area contributed by atoms with Gasteiger partial charge in [0, 0.05) is 35.6 Å². The molecular weight excluding hydrogens is 418 g/mol. The van der Waals surface area contributed by atoms with E-state index in [-0.39, 0.29) is 5.91 Å². The van der Waals surface area contributed by atoms with Crippen molar-refractivity contribution in [2.75, 3.05) is 19.5 Å². The van der Waals surface area contributed by atoms with Crippen LogP contribution in [0.25, 0.3) is 0 Å². The molecule has 2 aromatic carbocycles. The van der Waals surface area contributed by atoms with Gasteiger partial charge in [0.2, 0.25) is 5.96 Å². The monoisotopic (exact) mass is 449 g/mol. The minimum Gasteiger partial charge on any atom is -0.493 e. The molecular formula is C25H31N5O3. The number of nitrogens with one attached hydrogen (secondary N) is 2. The first-order valence-corrected chi connectivity index (χ1v) is 10.9. The predicted octanol–water partition coefficient (Wildman–Crippen LogP) is 4.33. The van der Waals surface area contributed by atoms with Gasteiger partial charge in [-0.3, -0.25) is 14.8 Å². The molecule has 0 aliphatic rings. The second-order valence-electron chi connectivity index (χ2n) is 7.63. The minimum atomic E-state index is -0.238. The van der Waals surface area contributed by atoms with Crippen LogP contribution >= 0.6 is 0 Å². The van der Waals surface area contributed by atoms with E-state index in [2.05, 4.69) is 27.6 Å². The molecule has 0 atom stereocenters. The molecule has 0 saturated carbocycles. The Morgan fingerprint density at radius 1 is 1.09 bits per heavy atom. The van der Waals surface area contributed by atoms with Gasteiger partial charge in [-0.2, -0.15) is 5.10 Å². The molecule has 1 amide bonds. The molecule has 0 saturated heterocycles. The van der Waals surface area contributed by atoms with Crippen LogP contribution in [-0.4, -0.2) is 35.9 Å². The van der Waals surface area contributed by atoms with Crippen molar-refractivity contribution in [1.29, 1.82) is 0 Å². The van der Waals surface area contributed by atoms with E-state index < -0.39 is 0 Å². The summed E-state index contributed by atoms with van der Waals surface area (Å²) < 4.78 is 12.6. The molecule has 3 aromatic rings. The minimum absolute atomic E-state index is 0.238. The third kappa shape index (κ3) is 6.12. The second kappa shape index (κ2) is 11.2. The van der Waals surface area contributed by atoms with E-state index in [1.807, 2.05) is 49.0 Å². The summed E-state index contributed by atoms with van der Waals surface area (Å²) in [6.07, 6.45) is 3.00. The molecule has 8 nitrogen and oxygen atoms in total. The first-order chi connectivity index (χ1) is 15.9. The van der Waals surface area contributed by atoms with Crippen molar-refractivity contribution in [3.63, 3.8) is 0 Å². The fourth-order valence-corrected chi connectivity index (χ4v) is 3.39. The number of aromatic nitrogens is 2. The number of benzene rings is 2. The van der Waals surface area contributed by atoms with Crippen LogP contribution < -0.4 is 20.1 Å². The Morgan fingerprint density at radius 3 is 2.55 bits per heavy atom. The zero-order chi connectivity index (χ0) is 23.8. The van der Waals surface area contributed by atoms with E-state index in [4.69, 9.17) is 9.47 Å². The summed E-state index contributed by atoms with van der Waals surface area (Å²) in [6, 6.07) is 12.9. The number of hydrogen-bond acceptors (Lipinski definition) is 5. The average molecular weight is 450 g/mol. The Balaban J connectivity index is 1.88. The maximum atomic E-state index is 13.0. The molecule has 0 unspecified atom stereocenters. The van der Waals surface area contributed by atoms with E-state index in [9.17, 15) is 4.79 Å². The van der Waals surface area contributed by atoms with Crippen molar-refractivity contribution in [3.8, 4) is 11.5 Å². The molecule has 33 heavy (non-hydrogen) atoms. The van der Waals surface area contributed by atoms with Gasteiger partial charge in [0.05, 0.1) is 26.5 Å². The lowest BCUT2D eigenvalue weighted by molar-refractivity contribution is 0.0976. The molecule has 2 N–H and O–H groups in total. The van der Waals surface area contributed by atoms with Crippen LogP contribution in [0.3, 0.4) is 0 Å². The molecule has 0 spiro atoms. The van der Waals surface area contributed by atoms with Crippen LogP contribution in [0.2, 0.25) is 0 Å². The number of nitrogens with zero attached hydrogens (tertiary/aromatic N) is 3. The first kappa shape index (κ1) is 23.8. The Kier molecular flexibility index (Phi) is 8.07. The molecule has 0 aliphatic carbocycles. The number of ether oxygens (including phenoxy) is 2. The first-order valence-electron chi connectivity index (χ1n) is 10.9. The van der Waals surface area contributed by atoms with Gasteiger partial charge >= 0.3 is 0 Å². The molecule has 1 heterocycles. The van der Waals surface area contributed by atoms with Gasteiger partial charge in [0.25, 0.3) is 5.91 Å². The number of hydrogen-bond donors (Lipinski definition) is 2. The lowest BCUT2D eigenvalue weighted by Crippen LogP contribution is -2.36. The average Bonchev–Trinajstić information content (AvgIpc) is 3.16. The van der Waals surface area contributed by atoms with Crippen LogP contribution in [0.15, 0.2) is 53.7 Å². The fraction of sp³-hybridized carbons (Fsp3) is 0.320. The summed E-state index contributed by atoms with van der Waals surface area (Å²) >= 11 is 0. The molecule has 0 radical (unpaired) electrons. The largest absolute Gasteiger partial charge is 0.493 e. The zero-order valence-electron chi connectivity index (χ0n) is 19.8. The third-order valence-corrected chi connectivity index (χ3v) is 5.18. The van der Waals surface area contributed by atoms with E-state index in [1.54, 1.807) is 32.4 Å². The Labute approximate surface area is 194 Å². The topological polar surface area (TPSA) is 89.8 Å². The van der Waals surface area contributed by atoms with Crippen molar-refractivity contribution in [2.45, 2.75) is 40.3 Å². The summed E-state index contributed by atoms with van der Waals surface area (Å²) in [5, 5.41) is 10.6. The number of anilines is 1. The number of carbonyl (C=O) groups excluding carboxylic acids is 1. The molecule has 3 rings (SSSR count). The van der Waals surface area contributed by atoms with E-state index in [0.717, 1.165) is 29.8 Å². The smallest absolute Gasteiger partial charge is 0.258 e. The van der Waals surface area contributed by atoms with Gasteiger partial charge < -0.3 is 14.8 Å². The Bertz CT molecular complexity index is 1140. The van der Waals surface area contributed by atoms with Gasteiger partial charge in [0.1, 0.15) is 0 Å². The number of guanidine groups is 1. The molecule has 1 aromatic heterocycles. The highest BCUT2D eigenvalue weighted by molar-refractivity contribution is 6.10. The number of aliphatic imine (C=N–C) groups is 1. The van der Waals surface area contributed by atoms with Crippen molar-refractivity contribution >= 4 is 17.6 Å². The fourth-order valence-electron chi connectivity index (χ4n) is 3.39. The van der Waals surface area contributed by atoms with Crippen LogP contribution in [0.1, 0.15) is 40.5 Å². The normalized spacial score (nSPS) is 11.2. The van der Waals surface area contributed by atoms with Gasteiger partial charge in [-0.15, -0.1) is 0 Å². The lowest BCUT2D eigenvalue weighted by Gasteiger charge is -2.14. The standard InChI is InChI=1S/C25H31N5O3/c1-6-13-30-16-19(18(3)29-30)15-26-25(28-24(31)21-10-8-7-9-17(21)2)27-20-11-12-22(32-4)23(14-20)33-5/h7-12,14,16H,6,13,15H2,1-5H3,(H2,26,27,28,31). The molecule has 174 valence electrons. The molecule has 0 bridgehead atoms. The Morgan fingerprint density at radius 2 is 1.85 bits per heavy atom. The quantitative estimate of drug-likeness (QED) is 0.395. The summed E-state index contributed by atoms with van der Waals surface area (Å²) in [4.78, 5) is 17.6. The van der Waals surface area contributed by atoms with Crippen molar-refractivity contribution in [3.05, 3.63) is 71.0 Å². The number of rotatable bonds is 8. The van der Waals surface area contributed by atoms with Crippen LogP contribution in [0.4, 0.5) is 5.69 Å². The van der Waals surface area contributed by atoms with Crippen molar-refractivity contribution in [1.82, 2.24) is 15.1 Å². The summed E-state index contributed by atoms with van der Waals surface area (Å²) in [5.41, 5.74) is 4.10. The van der Waals surface area contributed by atoms with Crippen LogP contribution in [0, 0.1) is 13.8 Å². The number of aryl methyl sites for hydroxylation is 3. The van der Waals surface area contributed by atoms with E-state index >= 15 is 0 Å².